The molecule has 4 nitrogen and oxygen atoms in total. The molecule has 1 aromatic carbocycles. The minimum absolute atomic E-state index is 0.0918. The van der Waals surface area contributed by atoms with Crippen molar-refractivity contribution < 1.29 is 14.7 Å². The van der Waals surface area contributed by atoms with Gasteiger partial charge in [-0.05, 0) is 79.4 Å². The number of aromatic hydroxyl groups is 1. The predicted octanol–water partition coefficient (Wildman–Crippen LogP) is 8.69. The van der Waals surface area contributed by atoms with Crippen LogP contribution in [0, 0.1) is 29.1 Å². The number of carbonyl (C=O) groups is 2. The third-order valence-corrected chi connectivity index (χ3v) is 10.5. The van der Waals surface area contributed by atoms with Crippen molar-refractivity contribution in [3.8, 4) is 5.75 Å². The fourth-order valence-electron chi connectivity index (χ4n) is 8.48. The van der Waals surface area contributed by atoms with Gasteiger partial charge in [0.25, 0.3) is 0 Å². The van der Waals surface area contributed by atoms with Gasteiger partial charge in [0.2, 0.25) is 5.91 Å². The van der Waals surface area contributed by atoms with E-state index in [-0.39, 0.29) is 46.5 Å². The highest BCUT2D eigenvalue weighted by atomic mass is 16.3. The van der Waals surface area contributed by atoms with Crippen molar-refractivity contribution in [1.29, 1.82) is 0 Å². The lowest BCUT2D eigenvalue weighted by Crippen LogP contribution is -2.51. The average molecular weight is 536 g/mol. The van der Waals surface area contributed by atoms with Gasteiger partial charge in [-0.25, -0.2) is 0 Å². The molecule has 0 aromatic heterocycles. The van der Waals surface area contributed by atoms with Crippen LogP contribution in [0.25, 0.3) is 0 Å². The van der Waals surface area contributed by atoms with Crippen LogP contribution in [0.4, 0.5) is 0 Å². The molecule has 0 saturated heterocycles. The first-order valence-electron chi connectivity index (χ1n) is 16.0. The minimum Gasteiger partial charge on any atom is -0.508 e. The van der Waals surface area contributed by atoms with E-state index in [4.69, 9.17) is 0 Å². The van der Waals surface area contributed by atoms with E-state index in [1.54, 1.807) is 12.1 Å². The zero-order valence-corrected chi connectivity index (χ0v) is 25.1. The van der Waals surface area contributed by atoms with Crippen LogP contribution in [0.5, 0.6) is 5.75 Å². The first kappa shape index (κ1) is 29.9. The Morgan fingerprint density at radius 3 is 2.51 bits per heavy atom. The number of benzene rings is 1. The molecule has 3 aliphatic rings. The van der Waals surface area contributed by atoms with Crippen molar-refractivity contribution in [3.05, 3.63) is 41.5 Å². The zero-order chi connectivity index (χ0) is 28.2. The maximum absolute atomic E-state index is 14.5. The molecule has 1 amide bonds. The number of allylic oxidation sites excluding steroid dienone is 1. The molecular weight excluding hydrogens is 482 g/mol. The highest BCUT2D eigenvalue weighted by Gasteiger charge is 2.58. The largest absolute Gasteiger partial charge is 0.508 e. The van der Waals surface area contributed by atoms with Crippen molar-refractivity contribution in [2.75, 3.05) is 13.6 Å². The number of unbranched alkanes of at least 4 members (excludes halogenated alkanes) is 7. The summed E-state index contributed by atoms with van der Waals surface area (Å²) in [5.41, 5.74) is 3.22. The van der Waals surface area contributed by atoms with Crippen LogP contribution in [-0.2, 0) is 4.79 Å². The Labute approximate surface area is 237 Å². The Morgan fingerprint density at radius 2 is 1.79 bits per heavy atom. The van der Waals surface area contributed by atoms with Gasteiger partial charge >= 0.3 is 0 Å². The van der Waals surface area contributed by atoms with Crippen molar-refractivity contribution in [2.24, 2.45) is 29.1 Å². The maximum Gasteiger partial charge on any atom is 0.226 e. The predicted molar refractivity (Wildman–Crippen MR) is 160 cm³/mol. The number of Topliss-reactive ketones (excluding diaryl/α,β-unsaturated/α-hetero) is 1. The molecule has 4 unspecified atom stereocenters. The highest BCUT2D eigenvalue weighted by Crippen LogP contribution is 2.64. The number of amides is 1. The molecule has 0 aliphatic heterocycles. The van der Waals surface area contributed by atoms with Gasteiger partial charge in [-0.15, -0.1) is 0 Å². The summed E-state index contributed by atoms with van der Waals surface area (Å²) in [4.78, 5) is 30.6. The summed E-state index contributed by atoms with van der Waals surface area (Å²) in [5.74, 6) is 0.566. The number of hydrogen-bond donors (Lipinski definition) is 1. The number of phenols is 1. The quantitative estimate of drug-likeness (QED) is 0.203. The van der Waals surface area contributed by atoms with Crippen molar-refractivity contribution in [3.63, 3.8) is 0 Å². The average Bonchev–Trinajstić information content (AvgIpc) is 3.23. The molecule has 6 atom stereocenters. The van der Waals surface area contributed by atoms with Gasteiger partial charge in [0, 0.05) is 31.0 Å². The molecule has 1 aromatic rings. The summed E-state index contributed by atoms with van der Waals surface area (Å²) in [6.07, 6.45) is 15.4. The summed E-state index contributed by atoms with van der Waals surface area (Å²) in [6, 6.07) is 5.41. The first-order valence-corrected chi connectivity index (χ1v) is 16.0. The van der Waals surface area contributed by atoms with Crippen LogP contribution in [-0.4, -0.2) is 35.3 Å². The number of rotatable bonds is 13. The van der Waals surface area contributed by atoms with Gasteiger partial charge in [-0.3, -0.25) is 9.59 Å². The molecule has 1 N–H and O–H groups in total. The number of phenolic OH excluding ortho intramolecular Hbond substituents is 1. The van der Waals surface area contributed by atoms with Crippen molar-refractivity contribution in [1.82, 2.24) is 4.90 Å². The summed E-state index contributed by atoms with van der Waals surface area (Å²) in [5, 5.41) is 10.4. The van der Waals surface area contributed by atoms with Gasteiger partial charge in [0.15, 0.2) is 5.78 Å². The highest BCUT2D eigenvalue weighted by molar-refractivity contribution is 6.03. The van der Waals surface area contributed by atoms with Crippen LogP contribution in [0.15, 0.2) is 30.4 Å². The number of ketones is 1. The molecule has 2 fully saturated rings. The van der Waals surface area contributed by atoms with Crippen molar-refractivity contribution in [2.45, 2.75) is 117 Å². The fraction of sp³-hybridized carbons (Fsp3) is 0.714. The molecule has 0 heterocycles. The first-order chi connectivity index (χ1) is 18.7. The molecule has 0 bridgehead atoms. The third kappa shape index (κ3) is 6.30. The fourth-order valence-corrected chi connectivity index (χ4v) is 8.48. The molecule has 0 radical (unpaired) electrons. The lowest BCUT2D eigenvalue weighted by molar-refractivity contribution is -0.138. The van der Waals surface area contributed by atoms with E-state index in [1.807, 2.05) is 18.0 Å². The number of fused-ring (bicyclic) bond motifs is 5. The Balaban J connectivity index is 1.69. The Hall–Kier alpha value is -2.10. The monoisotopic (exact) mass is 535 g/mol. The van der Waals surface area contributed by atoms with E-state index < -0.39 is 0 Å². The number of carbonyl (C=O) groups excluding carboxylic acids is 2. The topological polar surface area (TPSA) is 57.6 Å². The van der Waals surface area contributed by atoms with Crippen LogP contribution < -0.4 is 0 Å². The Morgan fingerprint density at radius 1 is 1.10 bits per heavy atom. The molecule has 4 rings (SSSR count). The molecule has 2 saturated carbocycles. The summed E-state index contributed by atoms with van der Waals surface area (Å²) in [7, 11) is 1.93. The van der Waals surface area contributed by atoms with Gasteiger partial charge in [-0.1, -0.05) is 90.4 Å². The van der Waals surface area contributed by atoms with E-state index in [0.717, 1.165) is 69.9 Å². The van der Waals surface area contributed by atoms with Crippen LogP contribution in [0.2, 0.25) is 0 Å². The molecule has 39 heavy (non-hydrogen) atoms. The van der Waals surface area contributed by atoms with Crippen LogP contribution >= 0.6 is 0 Å². The van der Waals surface area contributed by atoms with Gasteiger partial charge in [0.1, 0.15) is 5.75 Å². The number of hydrogen-bond acceptors (Lipinski definition) is 3. The molecule has 0 spiro atoms. The second kappa shape index (κ2) is 13.0. The Bertz CT molecular complexity index is 1030. The minimum atomic E-state index is -0.323. The molecule has 3 aliphatic carbocycles. The summed E-state index contributed by atoms with van der Waals surface area (Å²) >= 11 is 0. The van der Waals surface area contributed by atoms with Crippen LogP contribution in [0.1, 0.15) is 133 Å². The zero-order valence-electron chi connectivity index (χ0n) is 25.1. The Kier molecular flexibility index (Phi) is 9.99. The smallest absolute Gasteiger partial charge is 0.226 e. The third-order valence-electron chi connectivity index (χ3n) is 10.5. The summed E-state index contributed by atoms with van der Waals surface area (Å²) < 4.78 is 0. The lowest BCUT2D eigenvalue weighted by Gasteiger charge is -2.53. The standard InChI is InChI=1S/C35H53NO3/c1-6-8-10-11-12-13-14-15-28(34(39)36(5)20-9-7-2)32-31-27(18-19-35(4)23-24(3)21-30(31)35)26-17-16-25(37)22-29(26)33(32)38/h16-17,22,27-28,30-32,37H,3,6-15,18-21,23H2,1-2,4-5H3/t27?,28?,30?,31?,32-,35-/m1/s1. The van der Waals surface area contributed by atoms with E-state index in [9.17, 15) is 14.7 Å². The SMILES string of the molecule is C=C1CC2C3C(CC[C@]2(C)C1)c1ccc(O)cc1C(=O)[C@@H]3C(CCCCCCCCC)C(=O)N(C)CCCC. The maximum atomic E-state index is 14.5. The van der Waals surface area contributed by atoms with Crippen LogP contribution in [0.3, 0.4) is 0 Å². The van der Waals surface area contributed by atoms with E-state index in [2.05, 4.69) is 27.4 Å². The number of nitrogens with zero attached hydrogens (tertiary/aromatic N) is 1. The molecular formula is C35H53NO3. The van der Waals surface area contributed by atoms with E-state index >= 15 is 0 Å². The molecule has 4 heteroatoms. The van der Waals surface area contributed by atoms with Gasteiger partial charge < -0.3 is 10.0 Å². The van der Waals surface area contributed by atoms with Crippen molar-refractivity contribution >= 4 is 11.7 Å². The second-order valence-corrected chi connectivity index (χ2v) is 13.4. The van der Waals surface area contributed by atoms with E-state index in [1.165, 1.54) is 37.7 Å². The summed E-state index contributed by atoms with van der Waals surface area (Å²) in [6.45, 7) is 11.9. The molecule has 216 valence electrons. The van der Waals surface area contributed by atoms with Gasteiger partial charge in [-0.2, -0.15) is 0 Å². The van der Waals surface area contributed by atoms with Gasteiger partial charge in [0.05, 0.1) is 0 Å². The normalized spacial score (nSPS) is 28.5. The van der Waals surface area contributed by atoms with E-state index in [0.29, 0.717) is 11.5 Å². The lowest BCUT2D eigenvalue weighted by atomic mass is 9.50. The second-order valence-electron chi connectivity index (χ2n) is 13.4.